The van der Waals surface area contributed by atoms with Crippen LogP contribution in [0.4, 0.5) is 4.39 Å². The molecule has 3 heteroatoms. The van der Waals surface area contributed by atoms with Crippen LogP contribution >= 0.6 is 0 Å². The van der Waals surface area contributed by atoms with Gasteiger partial charge in [-0.1, -0.05) is 19.9 Å². The van der Waals surface area contributed by atoms with Crippen molar-refractivity contribution in [1.82, 2.24) is 10.3 Å². The summed E-state index contributed by atoms with van der Waals surface area (Å²) in [6, 6.07) is 6.84. The smallest absolute Gasteiger partial charge is 0.125 e. The van der Waals surface area contributed by atoms with E-state index < -0.39 is 0 Å². The number of hydrogen-bond acceptors (Lipinski definition) is 2. The summed E-state index contributed by atoms with van der Waals surface area (Å²) in [6.07, 6.45) is 3.22. The van der Waals surface area contributed by atoms with Crippen LogP contribution in [0.25, 0.3) is 16.6 Å². The molecule has 0 aliphatic heterocycles. The van der Waals surface area contributed by atoms with Crippen LogP contribution in [0.15, 0.2) is 30.8 Å². The Kier molecular flexibility index (Phi) is 4.15. The van der Waals surface area contributed by atoms with Crippen molar-refractivity contribution in [3.05, 3.63) is 47.9 Å². The molecule has 0 atom stereocenters. The van der Waals surface area contributed by atoms with Gasteiger partial charge in [-0.3, -0.25) is 0 Å². The van der Waals surface area contributed by atoms with Gasteiger partial charge in [-0.25, -0.2) is 9.37 Å². The summed E-state index contributed by atoms with van der Waals surface area (Å²) >= 11 is 0. The molecular formula is C16H19FN2. The fourth-order valence-electron chi connectivity index (χ4n) is 2.13. The van der Waals surface area contributed by atoms with Crippen molar-refractivity contribution in [3.8, 4) is 0 Å². The number of hydrogen-bond donors (Lipinski definition) is 1. The zero-order valence-electron chi connectivity index (χ0n) is 11.5. The van der Waals surface area contributed by atoms with Crippen molar-refractivity contribution < 1.29 is 4.39 Å². The summed E-state index contributed by atoms with van der Waals surface area (Å²) in [5, 5.41) is 4.02. The van der Waals surface area contributed by atoms with Gasteiger partial charge in [0.15, 0.2) is 0 Å². The summed E-state index contributed by atoms with van der Waals surface area (Å²) in [5.74, 6) is -0.256. The lowest BCUT2D eigenvalue weighted by atomic mass is 10.0. The summed E-state index contributed by atoms with van der Waals surface area (Å²) in [7, 11) is 1.81. The third-order valence-electron chi connectivity index (χ3n) is 3.27. The molecule has 0 unspecified atom stereocenters. The largest absolute Gasteiger partial charge is 0.387 e. The first-order valence-corrected chi connectivity index (χ1v) is 6.62. The molecule has 0 amide bonds. The predicted molar refractivity (Wildman–Crippen MR) is 78.4 cm³/mol. The Bertz CT molecular complexity index is 605. The van der Waals surface area contributed by atoms with Crippen molar-refractivity contribution in [2.75, 3.05) is 7.05 Å². The van der Waals surface area contributed by atoms with E-state index in [1.54, 1.807) is 0 Å². The van der Waals surface area contributed by atoms with Crippen LogP contribution in [-0.4, -0.2) is 12.0 Å². The second-order valence-corrected chi connectivity index (χ2v) is 4.66. The average Bonchev–Trinajstić information content (AvgIpc) is 2.43. The van der Waals surface area contributed by atoms with Gasteiger partial charge in [-0.15, -0.1) is 0 Å². The quantitative estimate of drug-likeness (QED) is 0.879. The molecule has 0 fully saturated rings. The van der Waals surface area contributed by atoms with E-state index in [1.807, 2.05) is 13.1 Å². The third kappa shape index (κ3) is 2.92. The van der Waals surface area contributed by atoms with Crippen molar-refractivity contribution >= 4 is 16.6 Å². The highest BCUT2D eigenvalue weighted by Gasteiger charge is 2.08. The van der Waals surface area contributed by atoms with E-state index in [0.29, 0.717) is 5.52 Å². The minimum absolute atomic E-state index is 0.256. The maximum atomic E-state index is 13.4. The number of aryl methyl sites for hydroxylation is 1. The zero-order valence-corrected chi connectivity index (χ0v) is 11.5. The molecule has 0 saturated carbocycles. The Morgan fingerprint density at radius 2 is 2.16 bits per heavy atom. The van der Waals surface area contributed by atoms with Crippen LogP contribution in [0.2, 0.25) is 0 Å². The molecule has 1 heterocycles. The minimum atomic E-state index is -0.256. The number of aromatic nitrogens is 1. The second kappa shape index (κ2) is 5.83. The van der Waals surface area contributed by atoms with Gasteiger partial charge in [0.2, 0.25) is 0 Å². The number of nitrogens with one attached hydrogen (secondary N) is 1. The number of fused-ring (bicyclic) bond motifs is 1. The van der Waals surface area contributed by atoms with Gasteiger partial charge in [0.1, 0.15) is 5.82 Å². The van der Waals surface area contributed by atoms with Crippen LogP contribution in [0.3, 0.4) is 0 Å². The Morgan fingerprint density at radius 1 is 1.37 bits per heavy atom. The van der Waals surface area contributed by atoms with Crippen molar-refractivity contribution in [3.63, 3.8) is 0 Å². The van der Waals surface area contributed by atoms with Crippen LogP contribution in [-0.2, 0) is 6.42 Å². The van der Waals surface area contributed by atoms with E-state index in [-0.39, 0.29) is 5.82 Å². The van der Waals surface area contributed by atoms with Gasteiger partial charge in [0.25, 0.3) is 0 Å². The number of pyridine rings is 1. The Balaban J connectivity index is 2.58. The number of unbranched alkanes of at least 4 members (excludes halogenated alkanes) is 1. The fraction of sp³-hybridized carbons (Fsp3) is 0.312. The van der Waals surface area contributed by atoms with Crippen molar-refractivity contribution in [2.24, 2.45) is 0 Å². The van der Waals surface area contributed by atoms with Gasteiger partial charge in [-0.2, -0.15) is 0 Å². The zero-order chi connectivity index (χ0) is 13.8. The van der Waals surface area contributed by atoms with E-state index in [4.69, 9.17) is 0 Å². The normalized spacial score (nSPS) is 10.7. The predicted octanol–water partition coefficient (Wildman–Crippen LogP) is 3.91. The summed E-state index contributed by atoms with van der Waals surface area (Å²) in [6.45, 7) is 6.09. The third-order valence-corrected chi connectivity index (χ3v) is 3.27. The summed E-state index contributed by atoms with van der Waals surface area (Å²) in [5.41, 5.74) is 3.44. The molecule has 0 saturated heterocycles. The van der Waals surface area contributed by atoms with Gasteiger partial charge in [-0.05, 0) is 36.6 Å². The van der Waals surface area contributed by atoms with Crippen molar-refractivity contribution in [2.45, 2.75) is 26.2 Å². The standard InChI is InChI=1S/C16H19FN2/c1-4-5-6-12-9-15(11(2)18-3)19-16-10-13(17)7-8-14(12)16/h7-10,18H,2,4-6H2,1,3H3. The molecule has 0 aliphatic carbocycles. The van der Waals surface area contributed by atoms with E-state index >= 15 is 0 Å². The number of nitrogens with zero attached hydrogens (tertiary/aromatic N) is 1. The molecule has 0 spiro atoms. The number of rotatable bonds is 5. The Morgan fingerprint density at radius 3 is 2.84 bits per heavy atom. The first-order valence-electron chi connectivity index (χ1n) is 6.62. The van der Waals surface area contributed by atoms with Crippen LogP contribution in [0.1, 0.15) is 31.0 Å². The van der Waals surface area contributed by atoms with E-state index in [9.17, 15) is 4.39 Å². The van der Waals surface area contributed by atoms with Crippen LogP contribution < -0.4 is 5.32 Å². The van der Waals surface area contributed by atoms with Gasteiger partial charge in [0.05, 0.1) is 16.9 Å². The monoisotopic (exact) mass is 258 g/mol. The molecule has 100 valence electrons. The lowest BCUT2D eigenvalue weighted by Gasteiger charge is -2.11. The molecule has 2 nitrogen and oxygen atoms in total. The average molecular weight is 258 g/mol. The molecule has 0 aliphatic rings. The van der Waals surface area contributed by atoms with Gasteiger partial charge >= 0.3 is 0 Å². The number of benzene rings is 1. The maximum Gasteiger partial charge on any atom is 0.125 e. The highest BCUT2D eigenvalue weighted by Crippen LogP contribution is 2.23. The lowest BCUT2D eigenvalue weighted by molar-refractivity contribution is 0.629. The molecule has 1 aromatic carbocycles. The lowest BCUT2D eigenvalue weighted by Crippen LogP contribution is -2.06. The highest BCUT2D eigenvalue weighted by atomic mass is 19.1. The second-order valence-electron chi connectivity index (χ2n) is 4.66. The van der Waals surface area contributed by atoms with E-state index in [1.165, 1.54) is 17.7 Å². The minimum Gasteiger partial charge on any atom is -0.387 e. The SMILES string of the molecule is C=C(NC)c1cc(CCCC)c2ccc(F)cc2n1. The molecule has 1 aromatic heterocycles. The highest BCUT2D eigenvalue weighted by molar-refractivity contribution is 5.84. The molecule has 1 N–H and O–H groups in total. The van der Waals surface area contributed by atoms with Gasteiger partial charge in [0, 0.05) is 18.5 Å². The fourth-order valence-corrected chi connectivity index (χ4v) is 2.13. The maximum absolute atomic E-state index is 13.4. The summed E-state index contributed by atoms with van der Waals surface area (Å²) in [4.78, 5) is 4.47. The molecule has 19 heavy (non-hydrogen) atoms. The molecular weight excluding hydrogens is 239 g/mol. The molecule has 2 rings (SSSR count). The summed E-state index contributed by atoms with van der Waals surface area (Å²) < 4.78 is 13.4. The molecule has 0 radical (unpaired) electrons. The van der Waals surface area contributed by atoms with Crippen LogP contribution in [0.5, 0.6) is 0 Å². The van der Waals surface area contributed by atoms with Gasteiger partial charge < -0.3 is 5.32 Å². The topological polar surface area (TPSA) is 24.9 Å². The van der Waals surface area contributed by atoms with E-state index in [2.05, 4.69) is 29.9 Å². The molecule has 0 bridgehead atoms. The Labute approximate surface area is 113 Å². The van der Waals surface area contributed by atoms with E-state index in [0.717, 1.165) is 36.0 Å². The first-order chi connectivity index (χ1) is 9.15. The number of halogens is 1. The first kappa shape index (κ1) is 13.5. The Hall–Kier alpha value is -1.90. The van der Waals surface area contributed by atoms with Crippen LogP contribution in [0, 0.1) is 5.82 Å². The molecule has 2 aromatic rings. The van der Waals surface area contributed by atoms with Crippen molar-refractivity contribution in [1.29, 1.82) is 0 Å².